The van der Waals surface area contributed by atoms with Gasteiger partial charge in [-0.15, -0.1) is 0 Å². The first-order chi connectivity index (χ1) is 5.80. The van der Waals surface area contributed by atoms with Crippen molar-refractivity contribution in [3.05, 3.63) is 18.2 Å². The quantitative estimate of drug-likeness (QED) is 0.658. The molecule has 0 atom stereocenters. The topological polar surface area (TPSA) is 9.23 Å². The third-order valence-corrected chi connectivity index (χ3v) is 5.15. The lowest BCUT2D eigenvalue weighted by Gasteiger charge is -2.03. The van der Waals surface area contributed by atoms with E-state index in [9.17, 15) is 0 Å². The van der Waals surface area contributed by atoms with E-state index in [1.54, 1.807) is 25.0 Å². The van der Waals surface area contributed by atoms with E-state index in [1.165, 1.54) is 9.79 Å². The third-order valence-electron chi connectivity index (χ3n) is 1.27. The second-order valence-corrected chi connectivity index (χ2v) is 5.89. The summed E-state index contributed by atoms with van der Waals surface area (Å²) in [5, 5.41) is 0. The predicted molar refractivity (Wildman–Crippen MR) is 72.7 cm³/mol. The highest BCUT2D eigenvalue weighted by Crippen LogP contribution is 2.35. The number of hydrogen-bond acceptors (Lipinski definition) is 3. The predicted octanol–water partition coefficient (Wildman–Crippen LogP) is 4.58. The van der Waals surface area contributed by atoms with Crippen LogP contribution in [-0.4, -0.2) is 7.11 Å². The molecule has 1 nitrogen and oxygen atoms in total. The molecular formula is C7H6I2OS2. The lowest BCUT2D eigenvalue weighted by molar-refractivity contribution is 0.412. The summed E-state index contributed by atoms with van der Waals surface area (Å²) in [6.45, 7) is 0. The van der Waals surface area contributed by atoms with Crippen LogP contribution in [0.4, 0.5) is 0 Å². The van der Waals surface area contributed by atoms with Crippen LogP contribution in [0.15, 0.2) is 28.0 Å². The minimum absolute atomic E-state index is 0.927. The summed E-state index contributed by atoms with van der Waals surface area (Å²) in [5.74, 6) is 0.927. The molecule has 0 aliphatic heterocycles. The Labute approximate surface area is 105 Å². The van der Waals surface area contributed by atoms with Crippen LogP contribution in [0.25, 0.3) is 0 Å². The Morgan fingerprint density at radius 1 is 1.08 bits per heavy atom. The van der Waals surface area contributed by atoms with E-state index in [1.807, 2.05) is 12.1 Å². The van der Waals surface area contributed by atoms with Crippen LogP contribution in [0.5, 0.6) is 5.75 Å². The van der Waals surface area contributed by atoms with E-state index in [4.69, 9.17) is 4.74 Å². The number of ether oxygens (including phenoxy) is 1. The maximum Gasteiger partial charge on any atom is 0.121 e. The van der Waals surface area contributed by atoms with Crippen molar-refractivity contribution in [2.75, 3.05) is 7.11 Å². The molecule has 66 valence electrons. The Hall–Kier alpha value is 1.18. The first kappa shape index (κ1) is 11.3. The third kappa shape index (κ3) is 3.15. The molecule has 0 aliphatic rings. The molecule has 0 fully saturated rings. The van der Waals surface area contributed by atoms with E-state index in [0.29, 0.717) is 0 Å². The highest BCUT2D eigenvalue weighted by molar-refractivity contribution is 14.2. The number of methoxy groups -OCH3 is 1. The second-order valence-electron chi connectivity index (χ2n) is 2.00. The zero-order valence-corrected chi connectivity index (χ0v) is 12.2. The lowest BCUT2D eigenvalue weighted by Crippen LogP contribution is -1.82. The van der Waals surface area contributed by atoms with E-state index >= 15 is 0 Å². The Morgan fingerprint density at radius 2 is 1.58 bits per heavy atom. The molecule has 1 aromatic rings. The van der Waals surface area contributed by atoms with Crippen LogP contribution >= 0.6 is 60.3 Å². The van der Waals surface area contributed by atoms with Gasteiger partial charge >= 0.3 is 0 Å². The number of rotatable bonds is 3. The number of hydrogen-bond donors (Lipinski definition) is 0. The fourth-order valence-corrected chi connectivity index (χ4v) is 3.02. The summed E-state index contributed by atoms with van der Waals surface area (Å²) < 4.78 is 5.17. The van der Waals surface area contributed by atoms with Gasteiger partial charge < -0.3 is 4.74 Å². The van der Waals surface area contributed by atoms with Crippen molar-refractivity contribution >= 4 is 60.3 Å². The van der Waals surface area contributed by atoms with Crippen molar-refractivity contribution < 1.29 is 4.74 Å². The molecule has 5 heteroatoms. The van der Waals surface area contributed by atoms with Crippen LogP contribution in [0.2, 0.25) is 0 Å². The van der Waals surface area contributed by atoms with Crippen molar-refractivity contribution in [1.29, 1.82) is 0 Å². The summed E-state index contributed by atoms with van der Waals surface area (Å²) in [5.41, 5.74) is 0. The second kappa shape index (κ2) is 5.82. The van der Waals surface area contributed by atoms with Crippen molar-refractivity contribution in [3.63, 3.8) is 0 Å². The van der Waals surface area contributed by atoms with Gasteiger partial charge in [-0.1, -0.05) is 17.9 Å². The Bertz CT molecular complexity index is 212. The van der Waals surface area contributed by atoms with Gasteiger partial charge in [-0.25, -0.2) is 0 Å². The minimum atomic E-state index is 0.927. The first-order valence-corrected chi connectivity index (χ1v) is 9.78. The summed E-state index contributed by atoms with van der Waals surface area (Å²) >= 11 is 4.54. The molecule has 1 aromatic carbocycles. The SMILES string of the molecule is COc1cc(SI)cc(SI)c1. The van der Waals surface area contributed by atoms with Gasteiger partial charge in [0, 0.05) is 52.2 Å². The zero-order valence-electron chi connectivity index (χ0n) is 6.21. The summed E-state index contributed by atoms with van der Waals surface area (Å²) in [7, 11) is 5.10. The van der Waals surface area contributed by atoms with Crippen LogP contribution in [0, 0.1) is 0 Å². The van der Waals surface area contributed by atoms with Crippen LogP contribution in [0.1, 0.15) is 0 Å². The van der Waals surface area contributed by atoms with E-state index < -0.39 is 0 Å². The van der Waals surface area contributed by atoms with E-state index in [0.717, 1.165) is 5.75 Å². The summed E-state index contributed by atoms with van der Waals surface area (Å²) in [4.78, 5) is 2.46. The summed E-state index contributed by atoms with van der Waals surface area (Å²) in [6, 6.07) is 6.22. The number of benzene rings is 1. The lowest BCUT2D eigenvalue weighted by atomic mass is 10.3. The van der Waals surface area contributed by atoms with Gasteiger partial charge in [0.1, 0.15) is 5.75 Å². The molecule has 0 heterocycles. The van der Waals surface area contributed by atoms with Gasteiger partial charge in [-0.3, -0.25) is 0 Å². The molecule has 0 unspecified atom stereocenters. The van der Waals surface area contributed by atoms with E-state index in [2.05, 4.69) is 48.5 Å². The summed E-state index contributed by atoms with van der Waals surface area (Å²) in [6.07, 6.45) is 0. The molecule has 0 radical (unpaired) electrons. The largest absolute Gasteiger partial charge is 0.497 e. The molecule has 0 aromatic heterocycles. The average molecular weight is 424 g/mol. The normalized spacial score (nSPS) is 9.92. The average Bonchev–Trinajstić information content (AvgIpc) is 2.16. The standard InChI is InChI=1S/C7H6I2OS2/c1-10-5-2-6(11-8)4-7(3-5)12-9/h2-4H,1H3. The van der Waals surface area contributed by atoms with Gasteiger partial charge in [0.15, 0.2) is 0 Å². The maximum atomic E-state index is 5.17. The maximum absolute atomic E-state index is 5.17. The highest BCUT2D eigenvalue weighted by atomic mass is 127. The number of halogens is 2. The molecule has 0 amide bonds. The Kier molecular flexibility index (Phi) is 5.45. The monoisotopic (exact) mass is 424 g/mol. The van der Waals surface area contributed by atoms with Crippen LogP contribution in [0.3, 0.4) is 0 Å². The van der Waals surface area contributed by atoms with Crippen molar-refractivity contribution in [3.8, 4) is 5.75 Å². The molecule has 0 N–H and O–H groups in total. The van der Waals surface area contributed by atoms with Gasteiger partial charge in [0.05, 0.1) is 7.11 Å². The van der Waals surface area contributed by atoms with Crippen molar-refractivity contribution in [2.45, 2.75) is 9.79 Å². The fraction of sp³-hybridized carbons (Fsp3) is 0.143. The first-order valence-electron chi connectivity index (χ1n) is 3.06. The zero-order chi connectivity index (χ0) is 8.97. The van der Waals surface area contributed by atoms with Gasteiger partial charge in [0.25, 0.3) is 0 Å². The highest BCUT2D eigenvalue weighted by Gasteiger charge is 2.00. The molecule has 0 aliphatic carbocycles. The Morgan fingerprint density at radius 3 is 1.92 bits per heavy atom. The van der Waals surface area contributed by atoms with Gasteiger partial charge in [-0.05, 0) is 18.2 Å². The molecule has 0 saturated heterocycles. The minimum Gasteiger partial charge on any atom is -0.497 e. The van der Waals surface area contributed by atoms with Crippen molar-refractivity contribution in [1.82, 2.24) is 0 Å². The molecule has 12 heavy (non-hydrogen) atoms. The molecule has 0 saturated carbocycles. The van der Waals surface area contributed by atoms with Crippen LogP contribution < -0.4 is 4.74 Å². The van der Waals surface area contributed by atoms with Crippen LogP contribution in [-0.2, 0) is 0 Å². The van der Waals surface area contributed by atoms with E-state index in [-0.39, 0.29) is 0 Å². The molecule has 1 rings (SSSR count). The fourth-order valence-electron chi connectivity index (χ4n) is 0.753. The smallest absolute Gasteiger partial charge is 0.121 e. The molecular weight excluding hydrogens is 418 g/mol. The van der Waals surface area contributed by atoms with Crippen molar-refractivity contribution in [2.24, 2.45) is 0 Å². The molecule has 0 bridgehead atoms. The van der Waals surface area contributed by atoms with Gasteiger partial charge in [0.2, 0.25) is 0 Å². The molecule has 0 spiro atoms. The Balaban J connectivity index is 3.01. The van der Waals surface area contributed by atoms with Gasteiger partial charge in [-0.2, -0.15) is 0 Å².